The number of hydrogen-bond acceptors (Lipinski definition) is 3. The molecule has 3 nitrogen and oxygen atoms in total. The summed E-state index contributed by atoms with van der Waals surface area (Å²) in [6.45, 7) is 2.07. The molecule has 0 bridgehead atoms. The van der Waals surface area contributed by atoms with Crippen molar-refractivity contribution >= 4 is 17.3 Å². The van der Waals surface area contributed by atoms with Crippen molar-refractivity contribution in [1.82, 2.24) is 0 Å². The van der Waals surface area contributed by atoms with Gasteiger partial charge in [-0.25, -0.2) is 0 Å². The first-order valence-electron chi connectivity index (χ1n) is 2.21. The van der Waals surface area contributed by atoms with E-state index in [4.69, 9.17) is 0 Å². The Morgan fingerprint density at radius 2 is 2.38 bits per heavy atom. The molecule has 4 heteroatoms. The van der Waals surface area contributed by atoms with E-state index in [1.165, 1.54) is 0 Å². The Morgan fingerprint density at radius 3 is 2.75 bits per heavy atom. The molecule has 8 heavy (non-hydrogen) atoms. The molecule has 0 fully saturated rings. The lowest BCUT2D eigenvalue weighted by Gasteiger charge is -1.92. The maximum atomic E-state index is 10.4. The Bertz CT molecular complexity index is 91.3. The van der Waals surface area contributed by atoms with Crippen LogP contribution in [0.3, 0.4) is 0 Å². The van der Waals surface area contributed by atoms with Gasteiger partial charge < -0.3 is 4.74 Å². The second-order valence-corrected chi connectivity index (χ2v) is 2.80. The molecule has 0 heterocycles. The van der Waals surface area contributed by atoms with Gasteiger partial charge in [-0.1, -0.05) is 6.92 Å². The van der Waals surface area contributed by atoms with Gasteiger partial charge >= 0.3 is 0 Å². The molecule has 0 aromatic carbocycles. The Balaban J connectivity index is 3.11. The maximum Gasteiger partial charge on any atom is 0.294 e. The molecule has 0 rings (SSSR count). The number of rotatable bonds is 4. The molecule has 0 radical (unpaired) electrons. The van der Waals surface area contributed by atoms with Crippen molar-refractivity contribution in [1.29, 1.82) is 0 Å². The zero-order valence-electron chi connectivity index (χ0n) is 4.62. The van der Waals surface area contributed by atoms with Gasteiger partial charge in [-0.2, -0.15) is 0 Å². The van der Waals surface area contributed by atoms with Crippen LogP contribution in [0.25, 0.3) is 0 Å². The van der Waals surface area contributed by atoms with Crippen LogP contribution in [-0.4, -0.2) is 22.4 Å². The van der Waals surface area contributed by atoms with Crippen LogP contribution in [0.4, 0.5) is 0 Å². The minimum Gasteiger partial charge on any atom is -0.454 e. The molecule has 1 unspecified atom stereocenters. The molecular weight excluding hydrogens is 128 g/mol. The van der Waals surface area contributed by atoms with Crippen LogP contribution in [0, 0.1) is 0 Å². The zero-order chi connectivity index (χ0) is 6.41. The van der Waals surface area contributed by atoms with Crippen molar-refractivity contribution in [2.24, 2.45) is 0 Å². The van der Waals surface area contributed by atoms with Gasteiger partial charge in [0.1, 0.15) is 0 Å². The van der Waals surface area contributed by atoms with Gasteiger partial charge in [-0.15, -0.1) is 0 Å². The van der Waals surface area contributed by atoms with Crippen molar-refractivity contribution in [3.8, 4) is 0 Å². The topological polar surface area (TPSA) is 43.4 Å². The molecule has 0 saturated carbocycles. The van der Waals surface area contributed by atoms with Crippen LogP contribution < -0.4 is 0 Å². The molecule has 0 aromatic rings. The summed E-state index contributed by atoms with van der Waals surface area (Å²) >= 11 is 0. The predicted molar refractivity (Wildman–Crippen MR) is 30.7 cm³/mol. The molecule has 0 aliphatic rings. The van der Waals surface area contributed by atoms with E-state index in [0.717, 1.165) is 0 Å². The van der Waals surface area contributed by atoms with Gasteiger partial charge in [0.15, 0.2) is 5.94 Å². The van der Waals surface area contributed by atoms with Gasteiger partial charge in [-0.05, 0) is 0 Å². The monoisotopic (exact) mass is 136 g/mol. The first-order valence-corrected chi connectivity index (χ1v) is 3.70. The van der Waals surface area contributed by atoms with Crippen molar-refractivity contribution in [2.75, 3.05) is 11.7 Å². The Hall–Kier alpha value is -0.380. The first kappa shape index (κ1) is 7.62. The number of hydrogen-bond donors (Lipinski definition) is 0. The number of carbonyl (C=O) groups is 1. The summed E-state index contributed by atoms with van der Waals surface area (Å²) in [6.07, 6.45) is 0. The van der Waals surface area contributed by atoms with Crippen LogP contribution in [0.1, 0.15) is 6.92 Å². The van der Waals surface area contributed by atoms with Crippen LogP contribution in [0.15, 0.2) is 0 Å². The van der Waals surface area contributed by atoms with E-state index >= 15 is 0 Å². The maximum absolute atomic E-state index is 10.4. The summed E-state index contributed by atoms with van der Waals surface area (Å²) in [5.41, 5.74) is 0. The smallest absolute Gasteiger partial charge is 0.294 e. The van der Waals surface area contributed by atoms with E-state index in [-0.39, 0.29) is 5.94 Å². The molecular formula is C4H8O3S. The molecule has 48 valence electrons. The average Bonchev–Trinajstić information content (AvgIpc) is 1.83. The predicted octanol–water partition coefficient (Wildman–Crippen LogP) is -0.115. The fourth-order valence-corrected chi connectivity index (χ4v) is 0.561. The average molecular weight is 136 g/mol. The van der Waals surface area contributed by atoms with Crippen LogP contribution in [-0.2, 0) is 20.3 Å². The minimum absolute atomic E-state index is 0.0278. The van der Waals surface area contributed by atoms with Crippen molar-refractivity contribution in [3.05, 3.63) is 0 Å². The fourth-order valence-electron chi connectivity index (χ4n) is 0.187. The summed E-state index contributed by atoms with van der Waals surface area (Å²) in [4.78, 5) is 9.47. The molecule has 0 aromatic heterocycles. The Morgan fingerprint density at radius 1 is 1.75 bits per heavy atom. The summed E-state index contributed by atoms with van der Waals surface area (Å²) in [7, 11) is -0.980. The minimum atomic E-state index is -0.980. The van der Waals surface area contributed by atoms with E-state index in [9.17, 15) is 9.00 Å². The van der Waals surface area contributed by atoms with Crippen molar-refractivity contribution in [3.63, 3.8) is 0 Å². The fraction of sp³-hybridized carbons (Fsp3) is 0.750. The molecule has 1 atom stereocenters. The zero-order valence-corrected chi connectivity index (χ0v) is 5.44. The SMILES string of the molecule is CCS(=O)COC=O. The first-order chi connectivity index (χ1) is 3.81. The van der Waals surface area contributed by atoms with Crippen molar-refractivity contribution < 1.29 is 13.7 Å². The number of carbonyl (C=O) groups excluding carboxylic acids is 1. The summed E-state index contributed by atoms with van der Waals surface area (Å²) in [5, 5.41) is 0. The van der Waals surface area contributed by atoms with Gasteiger partial charge in [-0.3, -0.25) is 9.00 Å². The third kappa shape index (κ3) is 3.80. The second-order valence-electron chi connectivity index (χ2n) is 1.11. The van der Waals surface area contributed by atoms with E-state index in [0.29, 0.717) is 12.2 Å². The molecule has 0 aliphatic carbocycles. The summed E-state index contributed by atoms with van der Waals surface area (Å²) in [5.74, 6) is 0.563. The van der Waals surface area contributed by atoms with E-state index in [1.54, 1.807) is 6.92 Å². The lowest BCUT2D eigenvalue weighted by Crippen LogP contribution is -2.02. The van der Waals surface area contributed by atoms with E-state index in [1.807, 2.05) is 0 Å². The quantitative estimate of drug-likeness (QED) is 0.506. The van der Waals surface area contributed by atoms with Crippen LogP contribution in [0.2, 0.25) is 0 Å². The third-order valence-electron chi connectivity index (χ3n) is 0.590. The van der Waals surface area contributed by atoms with E-state index < -0.39 is 10.8 Å². The summed E-state index contributed by atoms with van der Waals surface area (Å²) in [6, 6.07) is 0. The second kappa shape index (κ2) is 4.77. The van der Waals surface area contributed by atoms with Gasteiger partial charge in [0.25, 0.3) is 6.47 Å². The van der Waals surface area contributed by atoms with Gasteiger partial charge in [0.2, 0.25) is 0 Å². The third-order valence-corrected chi connectivity index (χ3v) is 1.63. The largest absolute Gasteiger partial charge is 0.454 e. The standard InChI is InChI=1S/C4H8O3S/c1-2-8(6)4-7-3-5/h3H,2,4H2,1H3. The molecule has 0 saturated heterocycles. The molecule has 0 aliphatic heterocycles. The molecule has 0 spiro atoms. The highest BCUT2D eigenvalue weighted by molar-refractivity contribution is 7.84. The van der Waals surface area contributed by atoms with Crippen molar-refractivity contribution in [2.45, 2.75) is 6.92 Å². The highest BCUT2D eigenvalue weighted by atomic mass is 32.2. The lowest BCUT2D eigenvalue weighted by atomic mass is 11.0. The highest BCUT2D eigenvalue weighted by Crippen LogP contribution is 1.79. The lowest BCUT2D eigenvalue weighted by molar-refractivity contribution is -0.126. The van der Waals surface area contributed by atoms with Gasteiger partial charge in [0.05, 0.1) is 10.8 Å². The van der Waals surface area contributed by atoms with Gasteiger partial charge in [0, 0.05) is 5.75 Å². The molecule has 0 N–H and O–H groups in total. The van der Waals surface area contributed by atoms with Crippen LogP contribution in [0.5, 0.6) is 0 Å². The van der Waals surface area contributed by atoms with E-state index in [2.05, 4.69) is 4.74 Å². The Labute approximate surface area is 50.5 Å². The summed E-state index contributed by atoms with van der Waals surface area (Å²) < 4.78 is 14.6. The highest BCUT2D eigenvalue weighted by Gasteiger charge is 1.91. The normalized spacial score (nSPS) is 12.6. The Kier molecular flexibility index (Phi) is 4.54. The number of ether oxygens (including phenoxy) is 1. The van der Waals surface area contributed by atoms with Crippen LogP contribution >= 0.6 is 0 Å². The molecule has 0 amide bonds.